The smallest absolute Gasteiger partial charge is 0.272 e. The Morgan fingerprint density at radius 1 is 1.29 bits per heavy atom. The van der Waals surface area contributed by atoms with Crippen LogP contribution in [0, 0.1) is 0 Å². The predicted molar refractivity (Wildman–Crippen MR) is 105 cm³/mol. The van der Waals surface area contributed by atoms with Crippen LogP contribution in [0.3, 0.4) is 0 Å². The summed E-state index contributed by atoms with van der Waals surface area (Å²) in [5, 5.41) is 4.73. The maximum atomic E-state index is 12.7. The Labute approximate surface area is 164 Å². The normalized spacial score (nSPS) is 18.5. The van der Waals surface area contributed by atoms with E-state index in [2.05, 4.69) is 0 Å². The number of likely N-dealkylation sites (tertiary alicyclic amines) is 1. The minimum Gasteiger partial charge on any atom is -0.465 e. The molecule has 148 valence electrons. The molecule has 2 amide bonds. The fourth-order valence-corrected chi connectivity index (χ4v) is 4.00. The number of hydrogen-bond acceptors (Lipinski definition) is 4. The number of aromatic nitrogens is 2. The third-order valence-electron chi connectivity index (χ3n) is 5.64. The molecule has 0 unspecified atom stereocenters. The van der Waals surface area contributed by atoms with E-state index < -0.39 is 0 Å². The maximum absolute atomic E-state index is 12.7. The molecule has 0 saturated carbocycles. The van der Waals surface area contributed by atoms with Gasteiger partial charge in [0.05, 0.1) is 12.0 Å². The summed E-state index contributed by atoms with van der Waals surface area (Å²) in [5.41, 5.74) is 1.69. The second-order valence-electron chi connectivity index (χ2n) is 7.36. The van der Waals surface area contributed by atoms with Crippen LogP contribution >= 0.6 is 0 Å². The molecule has 0 atom stereocenters. The van der Waals surface area contributed by atoms with Gasteiger partial charge in [0.1, 0.15) is 11.5 Å². The van der Waals surface area contributed by atoms with Crippen molar-refractivity contribution in [3.8, 4) is 0 Å². The lowest BCUT2D eigenvalue weighted by Gasteiger charge is -2.30. The average molecular weight is 382 g/mol. The van der Waals surface area contributed by atoms with Crippen LogP contribution in [0.2, 0.25) is 0 Å². The second-order valence-corrected chi connectivity index (χ2v) is 7.36. The number of carbonyl (C=O) groups is 2. The van der Waals surface area contributed by atoms with E-state index in [-0.39, 0.29) is 11.8 Å². The Balaban J connectivity index is 1.38. The topological polar surface area (TPSA) is 71.6 Å². The summed E-state index contributed by atoms with van der Waals surface area (Å²) in [6, 6.07) is 5.58. The quantitative estimate of drug-likeness (QED) is 0.763. The molecule has 0 bridgehead atoms. The van der Waals surface area contributed by atoms with Crippen molar-refractivity contribution in [3.63, 3.8) is 0 Å². The number of fused-ring (bicyclic) bond motifs is 1. The van der Waals surface area contributed by atoms with Gasteiger partial charge < -0.3 is 14.2 Å². The van der Waals surface area contributed by atoms with E-state index >= 15 is 0 Å². The average Bonchev–Trinajstić information content (AvgIpc) is 3.36. The van der Waals surface area contributed by atoms with E-state index in [1.807, 2.05) is 33.5 Å². The molecule has 0 spiro atoms. The molecule has 4 rings (SSSR count). The van der Waals surface area contributed by atoms with Crippen molar-refractivity contribution < 1.29 is 14.0 Å². The standard InChI is InChI=1S/C21H26N4O3/c1-2-23-10-4-11-25-19(21(23)27)15-18(22-25)16-8-12-24(13-9-16)20(26)7-6-17-5-3-14-28-17/h3,5-7,14-16H,2,4,8-13H2,1H3/b7-6+. The zero-order chi connectivity index (χ0) is 19.5. The molecule has 2 aromatic heterocycles. The van der Waals surface area contributed by atoms with Gasteiger partial charge in [0, 0.05) is 44.7 Å². The minimum absolute atomic E-state index is 0.00392. The molecule has 0 radical (unpaired) electrons. The summed E-state index contributed by atoms with van der Waals surface area (Å²) in [4.78, 5) is 28.8. The SMILES string of the molecule is CCN1CCCn2nc(C3CCN(C(=O)/C=C/c4ccco4)CC3)cc2C1=O. The lowest BCUT2D eigenvalue weighted by Crippen LogP contribution is -2.37. The molecule has 28 heavy (non-hydrogen) atoms. The Hall–Kier alpha value is -2.83. The fraction of sp³-hybridized carbons (Fsp3) is 0.476. The molecule has 7 heteroatoms. The highest BCUT2D eigenvalue weighted by molar-refractivity contribution is 5.93. The largest absolute Gasteiger partial charge is 0.465 e. The van der Waals surface area contributed by atoms with Crippen molar-refractivity contribution in [2.75, 3.05) is 26.2 Å². The number of amides is 2. The minimum atomic E-state index is 0.00392. The van der Waals surface area contributed by atoms with E-state index in [0.29, 0.717) is 30.5 Å². The van der Waals surface area contributed by atoms with Crippen molar-refractivity contribution in [1.82, 2.24) is 19.6 Å². The molecular weight excluding hydrogens is 356 g/mol. The molecule has 2 aliphatic heterocycles. The van der Waals surface area contributed by atoms with Crippen LogP contribution in [-0.2, 0) is 11.3 Å². The van der Waals surface area contributed by atoms with Gasteiger partial charge in [0.15, 0.2) is 0 Å². The summed E-state index contributed by atoms with van der Waals surface area (Å²) in [6.07, 6.45) is 7.52. The van der Waals surface area contributed by atoms with Crippen molar-refractivity contribution in [2.45, 2.75) is 38.6 Å². The van der Waals surface area contributed by atoms with Gasteiger partial charge in [0.25, 0.3) is 5.91 Å². The van der Waals surface area contributed by atoms with E-state index in [0.717, 1.165) is 44.6 Å². The van der Waals surface area contributed by atoms with Crippen LogP contribution in [0.15, 0.2) is 35.0 Å². The number of carbonyl (C=O) groups excluding carboxylic acids is 2. The number of nitrogens with zero attached hydrogens (tertiary/aromatic N) is 4. The van der Waals surface area contributed by atoms with Crippen LogP contribution in [-0.4, -0.2) is 57.6 Å². The molecule has 0 N–H and O–H groups in total. The van der Waals surface area contributed by atoms with Crippen LogP contribution < -0.4 is 0 Å². The summed E-state index contributed by atoms with van der Waals surface area (Å²) in [7, 11) is 0. The van der Waals surface area contributed by atoms with E-state index in [1.165, 1.54) is 0 Å². The number of piperidine rings is 1. The van der Waals surface area contributed by atoms with Crippen molar-refractivity contribution in [2.24, 2.45) is 0 Å². The van der Waals surface area contributed by atoms with E-state index in [9.17, 15) is 9.59 Å². The Bertz CT molecular complexity index is 860. The highest BCUT2D eigenvalue weighted by atomic mass is 16.3. The van der Waals surface area contributed by atoms with Gasteiger partial charge in [-0.2, -0.15) is 5.10 Å². The first-order chi connectivity index (χ1) is 13.7. The van der Waals surface area contributed by atoms with Gasteiger partial charge in [-0.15, -0.1) is 0 Å². The summed E-state index contributed by atoms with van der Waals surface area (Å²) >= 11 is 0. The van der Waals surface area contributed by atoms with Crippen LogP contribution in [0.1, 0.15) is 54.0 Å². The van der Waals surface area contributed by atoms with E-state index in [1.54, 1.807) is 24.5 Å². The second kappa shape index (κ2) is 8.04. The van der Waals surface area contributed by atoms with Crippen molar-refractivity contribution in [3.05, 3.63) is 47.7 Å². The lowest BCUT2D eigenvalue weighted by atomic mass is 9.93. The van der Waals surface area contributed by atoms with Gasteiger partial charge in [-0.3, -0.25) is 14.3 Å². The number of rotatable bonds is 4. The summed E-state index contributed by atoms with van der Waals surface area (Å²) < 4.78 is 7.09. The maximum Gasteiger partial charge on any atom is 0.272 e. The molecule has 1 fully saturated rings. The monoisotopic (exact) mass is 382 g/mol. The van der Waals surface area contributed by atoms with Gasteiger partial charge in [-0.1, -0.05) is 0 Å². The van der Waals surface area contributed by atoms with Gasteiger partial charge in [-0.25, -0.2) is 0 Å². The Morgan fingerprint density at radius 2 is 2.11 bits per heavy atom. The molecule has 0 aliphatic carbocycles. The number of furan rings is 1. The highest BCUT2D eigenvalue weighted by Crippen LogP contribution is 2.29. The molecule has 2 aliphatic rings. The van der Waals surface area contributed by atoms with Crippen LogP contribution in [0.5, 0.6) is 0 Å². The number of aryl methyl sites for hydroxylation is 1. The molecule has 7 nitrogen and oxygen atoms in total. The first-order valence-electron chi connectivity index (χ1n) is 10.0. The Morgan fingerprint density at radius 3 is 2.82 bits per heavy atom. The van der Waals surface area contributed by atoms with Crippen molar-refractivity contribution >= 4 is 17.9 Å². The summed E-state index contributed by atoms with van der Waals surface area (Å²) in [5.74, 6) is 1.05. The third kappa shape index (κ3) is 3.74. The van der Waals surface area contributed by atoms with Gasteiger partial charge in [-0.05, 0) is 50.5 Å². The molecular formula is C21H26N4O3. The lowest BCUT2D eigenvalue weighted by molar-refractivity contribution is -0.127. The van der Waals surface area contributed by atoms with Gasteiger partial charge >= 0.3 is 0 Å². The highest BCUT2D eigenvalue weighted by Gasteiger charge is 2.28. The van der Waals surface area contributed by atoms with Crippen molar-refractivity contribution in [1.29, 1.82) is 0 Å². The zero-order valence-electron chi connectivity index (χ0n) is 16.2. The third-order valence-corrected chi connectivity index (χ3v) is 5.64. The summed E-state index contributed by atoms with van der Waals surface area (Å²) in [6.45, 7) is 5.71. The fourth-order valence-electron chi connectivity index (χ4n) is 4.00. The van der Waals surface area contributed by atoms with E-state index in [4.69, 9.17) is 9.52 Å². The van der Waals surface area contributed by atoms with Crippen LogP contribution in [0.4, 0.5) is 0 Å². The number of hydrogen-bond donors (Lipinski definition) is 0. The predicted octanol–water partition coefficient (Wildman–Crippen LogP) is 2.76. The first-order valence-corrected chi connectivity index (χ1v) is 10.0. The van der Waals surface area contributed by atoms with Gasteiger partial charge in [0.2, 0.25) is 5.91 Å². The molecule has 1 saturated heterocycles. The molecule has 2 aromatic rings. The Kier molecular flexibility index (Phi) is 5.32. The zero-order valence-corrected chi connectivity index (χ0v) is 16.2. The molecule has 4 heterocycles. The molecule has 0 aromatic carbocycles. The van der Waals surface area contributed by atoms with Crippen LogP contribution in [0.25, 0.3) is 6.08 Å². The first kappa shape index (κ1) is 18.5.